The van der Waals surface area contributed by atoms with Crippen LogP contribution in [0, 0.1) is 13.8 Å². The van der Waals surface area contributed by atoms with Crippen LogP contribution in [-0.2, 0) is 0 Å². The van der Waals surface area contributed by atoms with Crippen LogP contribution in [0.1, 0.15) is 21.7 Å². The molecule has 6 nitrogen and oxygen atoms in total. The van der Waals surface area contributed by atoms with Crippen LogP contribution < -0.4 is 0 Å². The average Bonchev–Trinajstić information content (AvgIpc) is 2.28. The van der Waals surface area contributed by atoms with Gasteiger partial charge in [0.05, 0.1) is 17.6 Å². The van der Waals surface area contributed by atoms with Crippen molar-refractivity contribution < 1.29 is 9.90 Å². The molecule has 86 valence electrons. The molecule has 0 saturated heterocycles. The number of aryl methyl sites for hydroxylation is 2. The zero-order valence-corrected chi connectivity index (χ0v) is 9.38. The molecule has 0 atom stereocenters. The van der Waals surface area contributed by atoms with Crippen LogP contribution in [0.15, 0.2) is 18.6 Å². The van der Waals surface area contributed by atoms with Gasteiger partial charge in [0.25, 0.3) is 0 Å². The predicted molar refractivity (Wildman–Crippen MR) is 59.5 cm³/mol. The number of carboxylic acid groups (broad SMARTS) is 1. The zero-order valence-electron chi connectivity index (χ0n) is 9.38. The largest absolute Gasteiger partial charge is 0.478 e. The maximum atomic E-state index is 11.0. The van der Waals surface area contributed by atoms with Crippen molar-refractivity contribution in [2.45, 2.75) is 13.8 Å². The summed E-state index contributed by atoms with van der Waals surface area (Å²) in [5.74, 6) is -0.635. The summed E-state index contributed by atoms with van der Waals surface area (Å²) in [6.07, 6.45) is 4.62. The van der Waals surface area contributed by atoms with Gasteiger partial charge in [-0.3, -0.25) is 4.98 Å². The Morgan fingerprint density at radius 2 is 1.82 bits per heavy atom. The molecule has 0 aliphatic rings. The summed E-state index contributed by atoms with van der Waals surface area (Å²) in [6.45, 7) is 3.27. The Kier molecular flexibility index (Phi) is 2.78. The second kappa shape index (κ2) is 4.25. The molecule has 0 unspecified atom stereocenters. The van der Waals surface area contributed by atoms with E-state index in [-0.39, 0.29) is 5.56 Å². The van der Waals surface area contributed by atoms with Crippen molar-refractivity contribution in [2.24, 2.45) is 0 Å². The van der Waals surface area contributed by atoms with E-state index in [2.05, 4.69) is 19.9 Å². The quantitative estimate of drug-likeness (QED) is 0.835. The summed E-state index contributed by atoms with van der Waals surface area (Å²) in [4.78, 5) is 27.2. The summed E-state index contributed by atoms with van der Waals surface area (Å²) in [7, 11) is 0. The first kappa shape index (κ1) is 11.1. The highest BCUT2D eigenvalue weighted by Gasteiger charge is 2.15. The maximum absolute atomic E-state index is 11.0. The SMILES string of the molecule is Cc1nc(-c2cnccn2)nc(C)c1C(=O)O. The number of aromatic carboxylic acids is 1. The van der Waals surface area contributed by atoms with Gasteiger partial charge in [0, 0.05) is 12.4 Å². The summed E-state index contributed by atoms with van der Waals surface area (Å²) in [5.41, 5.74) is 1.50. The van der Waals surface area contributed by atoms with Crippen LogP contribution in [0.2, 0.25) is 0 Å². The van der Waals surface area contributed by atoms with Crippen molar-refractivity contribution >= 4 is 5.97 Å². The fourth-order valence-corrected chi connectivity index (χ4v) is 1.55. The van der Waals surface area contributed by atoms with Gasteiger partial charge in [-0.1, -0.05) is 0 Å². The number of rotatable bonds is 2. The Hall–Kier alpha value is -2.37. The van der Waals surface area contributed by atoms with Gasteiger partial charge in [-0.2, -0.15) is 0 Å². The first-order valence-corrected chi connectivity index (χ1v) is 4.94. The normalized spacial score (nSPS) is 10.2. The molecule has 2 rings (SSSR count). The molecular formula is C11H10N4O2. The Bertz CT molecular complexity index is 546. The van der Waals surface area contributed by atoms with E-state index in [1.807, 2.05) is 0 Å². The van der Waals surface area contributed by atoms with E-state index in [0.717, 1.165) is 0 Å². The number of nitrogens with zero attached hydrogens (tertiary/aromatic N) is 4. The molecule has 0 fully saturated rings. The van der Waals surface area contributed by atoms with Gasteiger partial charge in [0.2, 0.25) is 0 Å². The molecule has 2 aromatic rings. The van der Waals surface area contributed by atoms with Gasteiger partial charge >= 0.3 is 5.97 Å². The van der Waals surface area contributed by atoms with Gasteiger partial charge in [-0.05, 0) is 13.8 Å². The topological polar surface area (TPSA) is 88.9 Å². The first-order valence-electron chi connectivity index (χ1n) is 4.94. The molecule has 0 amide bonds. The van der Waals surface area contributed by atoms with Gasteiger partial charge in [-0.15, -0.1) is 0 Å². The minimum atomic E-state index is -1.02. The van der Waals surface area contributed by atoms with Gasteiger partial charge in [0.1, 0.15) is 11.3 Å². The molecule has 6 heteroatoms. The fraction of sp³-hybridized carbons (Fsp3) is 0.182. The Labute approximate surface area is 97.4 Å². The lowest BCUT2D eigenvalue weighted by molar-refractivity contribution is 0.0694. The number of hydrogen-bond acceptors (Lipinski definition) is 5. The monoisotopic (exact) mass is 230 g/mol. The third kappa shape index (κ3) is 2.10. The molecule has 0 spiro atoms. The summed E-state index contributed by atoms with van der Waals surface area (Å²) >= 11 is 0. The molecule has 0 radical (unpaired) electrons. The average molecular weight is 230 g/mol. The van der Waals surface area contributed by atoms with Crippen LogP contribution in [0.25, 0.3) is 11.5 Å². The molecular weight excluding hydrogens is 220 g/mol. The predicted octanol–water partition coefficient (Wildman–Crippen LogP) is 1.25. The fourth-order valence-electron chi connectivity index (χ4n) is 1.55. The molecule has 1 N–H and O–H groups in total. The van der Waals surface area contributed by atoms with Crippen LogP contribution in [0.3, 0.4) is 0 Å². The second-order valence-electron chi connectivity index (χ2n) is 3.49. The number of carbonyl (C=O) groups is 1. The lowest BCUT2D eigenvalue weighted by Gasteiger charge is -2.06. The van der Waals surface area contributed by atoms with Crippen molar-refractivity contribution in [3.05, 3.63) is 35.5 Å². The zero-order chi connectivity index (χ0) is 12.4. The minimum absolute atomic E-state index is 0.137. The highest BCUT2D eigenvalue weighted by Crippen LogP contribution is 2.15. The Morgan fingerprint density at radius 1 is 1.18 bits per heavy atom. The number of carboxylic acids is 1. The molecule has 0 aliphatic heterocycles. The van der Waals surface area contributed by atoms with Crippen molar-refractivity contribution in [3.8, 4) is 11.5 Å². The second-order valence-corrected chi connectivity index (χ2v) is 3.49. The van der Waals surface area contributed by atoms with Crippen LogP contribution >= 0.6 is 0 Å². The molecule has 0 aliphatic carbocycles. The molecule has 0 saturated carbocycles. The van der Waals surface area contributed by atoms with Gasteiger partial charge in [-0.25, -0.2) is 19.7 Å². The minimum Gasteiger partial charge on any atom is -0.478 e. The summed E-state index contributed by atoms with van der Waals surface area (Å²) in [5, 5.41) is 9.00. The molecule has 2 heterocycles. The van der Waals surface area contributed by atoms with Gasteiger partial charge in [0.15, 0.2) is 5.82 Å². The van der Waals surface area contributed by atoms with Crippen molar-refractivity contribution in [1.29, 1.82) is 0 Å². The van der Waals surface area contributed by atoms with Crippen molar-refractivity contribution in [1.82, 2.24) is 19.9 Å². The summed E-state index contributed by atoms with van der Waals surface area (Å²) in [6, 6.07) is 0. The van der Waals surface area contributed by atoms with E-state index in [0.29, 0.717) is 22.9 Å². The molecule has 0 bridgehead atoms. The molecule has 0 aromatic carbocycles. The standard InChI is InChI=1S/C11H10N4O2/c1-6-9(11(16)17)7(2)15-10(14-6)8-5-12-3-4-13-8/h3-5H,1-2H3,(H,16,17). The lowest BCUT2D eigenvalue weighted by atomic mass is 10.1. The third-order valence-electron chi connectivity index (χ3n) is 2.28. The Balaban J connectivity index is 2.57. The van der Waals surface area contributed by atoms with Gasteiger partial charge < -0.3 is 5.11 Å². The first-order chi connectivity index (χ1) is 8.09. The van der Waals surface area contributed by atoms with Crippen LogP contribution in [0.5, 0.6) is 0 Å². The molecule has 2 aromatic heterocycles. The number of aromatic nitrogens is 4. The highest BCUT2D eigenvalue weighted by molar-refractivity contribution is 5.90. The summed E-state index contributed by atoms with van der Waals surface area (Å²) < 4.78 is 0. The highest BCUT2D eigenvalue weighted by atomic mass is 16.4. The number of hydrogen-bond donors (Lipinski definition) is 1. The van der Waals surface area contributed by atoms with Crippen LogP contribution in [-0.4, -0.2) is 31.0 Å². The van der Waals surface area contributed by atoms with Crippen LogP contribution in [0.4, 0.5) is 0 Å². The van der Waals surface area contributed by atoms with E-state index in [1.165, 1.54) is 12.4 Å². The van der Waals surface area contributed by atoms with E-state index in [1.54, 1.807) is 20.0 Å². The van der Waals surface area contributed by atoms with E-state index in [4.69, 9.17) is 5.11 Å². The lowest BCUT2D eigenvalue weighted by Crippen LogP contribution is -2.08. The molecule has 17 heavy (non-hydrogen) atoms. The third-order valence-corrected chi connectivity index (χ3v) is 2.28. The van der Waals surface area contributed by atoms with Crippen molar-refractivity contribution in [3.63, 3.8) is 0 Å². The smallest absolute Gasteiger partial charge is 0.339 e. The van der Waals surface area contributed by atoms with E-state index in [9.17, 15) is 4.79 Å². The van der Waals surface area contributed by atoms with E-state index >= 15 is 0 Å². The van der Waals surface area contributed by atoms with E-state index < -0.39 is 5.97 Å². The van der Waals surface area contributed by atoms with Crippen molar-refractivity contribution in [2.75, 3.05) is 0 Å². The maximum Gasteiger partial charge on any atom is 0.339 e. The Morgan fingerprint density at radius 3 is 2.29 bits per heavy atom.